The lowest BCUT2D eigenvalue weighted by Gasteiger charge is -2.42. The Morgan fingerprint density at radius 1 is 0.127 bits per heavy atom. The van der Waals surface area contributed by atoms with Crippen LogP contribution < -0.4 is 0 Å². The van der Waals surface area contributed by atoms with E-state index in [1.54, 1.807) is 0 Å². The minimum atomic E-state index is 0.201. The zero-order valence-electron chi connectivity index (χ0n) is 83.3. The maximum absolute atomic E-state index is 6.85. The van der Waals surface area contributed by atoms with Crippen LogP contribution in [0.4, 0.5) is 0 Å². The molecule has 680 valence electrons. The molecule has 8 saturated carbocycles. The summed E-state index contributed by atoms with van der Waals surface area (Å²) >= 11 is 0. The van der Waals surface area contributed by atoms with Crippen LogP contribution in [0.15, 0.2) is 0 Å². The van der Waals surface area contributed by atoms with Gasteiger partial charge in [-0.3, -0.25) is 0 Å². The van der Waals surface area contributed by atoms with E-state index in [0.29, 0.717) is 0 Å². The van der Waals surface area contributed by atoms with Crippen molar-refractivity contribution in [3.05, 3.63) is 0 Å². The molecule has 10 heteroatoms. The van der Waals surface area contributed by atoms with Gasteiger partial charge >= 0.3 is 0 Å². The van der Waals surface area contributed by atoms with E-state index in [0.717, 1.165) is 103 Å². The van der Waals surface area contributed by atoms with E-state index >= 15 is 0 Å². The summed E-state index contributed by atoms with van der Waals surface area (Å²) in [5.41, 5.74) is 0. The molecule has 0 spiro atoms. The third kappa shape index (κ3) is 75.1. The molecular weight excluding hydrogens is 1360 g/mol. The number of rotatable bonds is 24. The van der Waals surface area contributed by atoms with Gasteiger partial charge in [0.25, 0.3) is 0 Å². The fourth-order valence-corrected chi connectivity index (χ4v) is 12.8. The van der Waals surface area contributed by atoms with Crippen molar-refractivity contribution in [2.24, 2.45) is 0 Å². The first-order valence-corrected chi connectivity index (χ1v) is 49.9. The molecule has 8 fully saturated rings. The van der Waals surface area contributed by atoms with Crippen LogP contribution >= 0.6 is 0 Å². The zero-order chi connectivity index (χ0) is 86.2. The lowest BCUT2D eigenvalue weighted by atomic mass is 9.89. The van der Waals surface area contributed by atoms with Crippen molar-refractivity contribution >= 4 is 0 Å². The van der Waals surface area contributed by atoms with Crippen molar-refractivity contribution in [2.45, 2.75) is 627 Å². The zero-order valence-corrected chi connectivity index (χ0v) is 83.3. The van der Waals surface area contributed by atoms with Gasteiger partial charge in [0, 0.05) is 28.4 Å². The maximum atomic E-state index is 6.85. The summed E-state index contributed by atoms with van der Waals surface area (Å²) in [4.78, 5) is 0. The first-order valence-electron chi connectivity index (χ1n) is 49.9. The van der Waals surface area contributed by atoms with E-state index in [1.165, 1.54) is 205 Å². The first kappa shape index (κ1) is 130. The molecule has 16 unspecified atom stereocenters. The predicted molar refractivity (Wildman–Crippen MR) is 498 cm³/mol. The smallest absolute Gasteiger partial charge is 0.0841 e. The SMILES string of the molecule is CC.CC.CC.CC.CC.CC.CC.CC.CCCC.CCCC.CCCC.CCCC.CCCC.CCCC.CCCC.CCCC.COC1CCCCC1OC1CCCCC1OC1CCCCC1OC1CCCCC1OC.COC1CCCCC1OC1CCCCC1OC1CCCCC1OC1CCCCC1OC. The van der Waals surface area contributed by atoms with Gasteiger partial charge < -0.3 is 47.4 Å². The van der Waals surface area contributed by atoms with Crippen molar-refractivity contribution in [3.8, 4) is 0 Å². The van der Waals surface area contributed by atoms with Crippen LogP contribution in [-0.4, -0.2) is 126 Å². The number of ether oxygens (including phenoxy) is 10. The molecule has 0 N–H and O–H groups in total. The van der Waals surface area contributed by atoms with Crippen molar-refractivity contribution < 1.29 is 47.4 Å². The normalized spacial score (nSPS) is 26.5. The highest BCUT2D eigenvalue weighted by molar-refractivity contribution is 4.90. The summed E-state index contributed by atoms with van der Waals surface area (Å²) in [7, 11) is 7.35. The third-order valence-electron chi connectivity index (χ3n) is 20.4. The Balaban J connectivity index is -0.000000145. The fraction of sp³-hybridized carbons (Fsp3) is 1.00. The summed E-state index contributed by atoms with van der Waals surface area (Å²) in [6.07, 6.45) is 62.6. The molecule has 16 atom stereocenters. The fourth-order valence-electron chi connectivity index (χ4n) is 12.8. The van der Waals surface area contributed by atoms with Gasteiger partial charge in [-0.1, -0.05) is 427 Å². The standard InChI is InChI=1S/2C26H46O5.8C4H10.8C2H6/c2*1-27-19-11-3-5-13-21(19)29-23-15-7-9-17-25(23)31-26-18-10-8-16-24(26)30-22-14-6-4-12-20(22)28-2;8*1-3-4-2;8*1-2/h2*19-26H,3-18H2,1-2H3;8*3-4H2,1-2H3;8*1-2H3. The highest BCUT2D eigenvalue weighted by Gasteiger charge is 2.41. The van der Waals surface area contributed by atoms with E-state index in [4.69, 9.17) is 47.4 Å². The van der Waals surface area contributed by atoms with Crippen molar-refractivity contribution in [3.63, 3.8) is 0 Å². The molecule has 110 heavy (non-hydrogen) atoms. The monoisotopic (exact) mass is 1580 g/mol. The molecule has 8 aliphatic rings. The molecule has 0 aromatic carbocycles. The topological polar surface area (TPSA) is 92.3 Å². The summed E-state index contributed by atoms with van der Waals surface area (Å²) in [5.74, 6) is 0. The summed E-state index contributed by atoms with van der Waals surface area (Å²) in [6.45, 7) is 66.9. The molecule has 0 aromatic heterocycles. The largest absolute Gasteiger partial charge is 0.379 e. The minimum Gasteiger partial charge on any atom is -0.379 e. The Labute approximate surface area is 699 Å². The Hall–Kier alpha value is -0.400. The molecule has 0 bridgehead atoms. The molecule has 0 aromatic rings. The van der Waals surface area contributed by atoms with Crippen molar-refractivity contribution in [1.82, 2.24) is 0 Å². The lowest BCUT2D eigenvalue weighted by molar-refractivity contribution is -0.206. The second kappa shape index (κ2) is 113. The number of methoxy groups -OCH3 is 4. The van der Waals surface area contributed by atoms with Crippen molar-refractivity contribution in [2.75, 3.05) is 28.4 Å². The molecule has 0 heterocycles. The molecule has 0 saturated heterocycles. The summed E-state index contributed by atoms with van der Waals surface area (Å²) < 4.78 is 63.5. The highest BCUT2D eigenvalue weighted by Crippen LogP contribution is 2.38. The maximum Gasteiger partial charge on any atom is 0.0841 e. The summed E-state index contributed by atoms with van der Waals surface area (Å²) in [6, 6.07) is 0. The minimum absolute atomic E-state index is 0.201. The number of hydrogen-bond acceptors (Lipinski definition) is 10. The molecule has 8 rings (SSSR count). The second-order valence-electron chi connectivity index (χ2n) is 28.7. The van der Waals surface area contributed by atoms with Gasteiger partial charge in [0.2, 0.25) is 0 Å². The van der Waals surface area contributed by atoms with Crippen molar-refractivity contribution in [1.29, 1.82) is 0 Å². The van der Waals surface area contributed by atoms with Crippen LogP contribution in [0.3, 0.4) is 0 Å². The van der Waals surface area contributed by atoms with Crippen LogP contribution in [0.5, 0.6) is 0 Å². The van der Waals surface area contributed by atoms with Crippen LogP contribution in [-0.2, 0) is 47.4 Å². The van der Waals surface area contributed by atoms with Gasteiger partial charge in [0.05, 0.1) is 97.7 Å². The Morgan fingerprint density at radius 2 is 0.191 bits per heavy atom. The molecule has 0 amide bonds. The molecule has 0 radical (unpaired) electrons. The van der Waals surface area contributed by atoms with E-state index in [-0.39, 0.29) is 97.7 Å². The first-order chi connectivity index (χ1) is 53.9. The van der Waals surface area contributed by atoms with Gasteiger partial charge in [0.15, 0.2) is 0 Å². The van der Waals surface area contributed by atoms with E-state index in [9.17, 15) is 0 Å². The molecular formula is C100H220O10. The second-order valence-corrected chi connectivity index (χ2v) is 28.7. The Kier molecular flexibility index (Phi) is 134. The Bertz CT molecular complexity index is 1230. The molecule has 8 aliphatic carbocycles. The number of hydrogen-bond donors (Lipinski definition) is 0. The average molecular weight is 1580 g/mol. The van der Waals surface area contributed by atoms with E-state index < -0.39 is 0 Å². The quantitative estimate of drug-likeness (QED) is 0.0930. The molecule has 10 nitrogen and oxygen atoms in total. The van der Waals surface area contributed by atoms with E-state index in [2.05, 4.69) is 111 Å². The van der Waals surface area contributed by atoms with Crippen LogP contribution in [0, 0.1) is 0 Å². The van der Waals surface area contributed by atoms with E-state index in [1.807, 2.05) is 139 Å². The molecule has 0 aliphatic heterocycles. The highest BCUT2D eigenvalue weighted by atomic mass is 16.6. The van der Waals surface area contributed by atoms with Gasteiger partial charge in [-0.2, -0.15) is 0 Å². The van der Waals surface area contributed by atoms with Gasteiger partial charge in [-0.15, -0.1) is 0 Å². The van der Waals surface area contributed by atoms with Crippen LogP contribution in [0.25, 0.3) is 0 Å². The Morgan fingerprint density at radius 3 is 0.255 bits per heavy atom. The van der Waals surface area contributed by atoms with Crippen LogP contribution in [0.1, 0.15) is 530 Å². The van der Waals surface area contributed by atoms with Crippen LogP contribution in [0.2, 0.25) is 0 Å². The van der Waals surface area contributed by atoms with Gasteiger partial charge in [0.1, 0.15) is 0 Å². The number of unbranched alkanes of at least 4 members (excludes halogenated alkanes) is 8. The average Bonchev–Trinajstić information content (AvgIpc) is 0.833. The third-order valence-corrected chi connectivity index (χ3v) is 20.4. The summed E-state index contributed by atoms with van der Waals surface area (Å²) in [5, 5.41) is 0. The van der Waals surface area contributed by atoms with Gasteiger partial charge in [-0.25, -0.2) is 0 Å². The van der Waals surface area contributed by atoms with Gasteiger partial charge in [-0.05, 0) is 103 Å². The predicted octanol–water partition coefficient (Wildman–Crippen LogP) is 33.8. The lowest BCUT2D eigenvalue weighted by Crippen LogP contribution is -2.48.